The summed E-state index contributed by atoms with van der Waals surface area (Å²) < 4.78 is 25.6. The second-order valence-corrected chi connectivity index (χ2v) is 7.36. The fourth-order valence-electron chi connectivity index (χ4n) is 1.42. The van der Waals surface area contributed by atoms with Crippen molar-refractivity contribution in [3.63, 3.8) is 0 Å². The SMILES string of the molecule is CCC(CSC)N(C)S(=O)(=O)CC(C)CCl. The number of rotatable bonds is 8. The fourth-order valence-corrected chi connectivity index (χ4v) is 4.35. The van der Waals surface area contributed by atoms with Crippen LogP contribution in [0.25, 0.3) is 0 Å². The van der Waals surface area contributed by atoms with Gasteiger partial charge in [0.15, 0.2) is 0 Å². The smallest absolute Gasteiger partial charge is 0.212 e. The molecule has 0 aromatic heterocycles. The van der Waals surface area contributed by atoms with Crippen LogP contribution in [0.1, 0.15) is 20.3 Å². The number of halogens is 1. The maximum absolute atomic E-state index is 12.0. The van der Waals surface area contributed by atoms with Gasteiger partial charge in [0, 0.05) is 24.7 Å². The molecule has 0 spiro atoms. The van der Waals surface area contributed by atoms with E-state index < -0.39 is 10.0 Å². The first kappa shape index (κ1) is 16.6. The Morgan fingerprint density at radius 3 is 2.38 bits per heavy atom. The molecule has 0 N–H and O–H groups in total. The standard InChI is InChI=1S/C10H22ClNO2S2/c1-5-10(7-15-4)12(3)16(13,14)8-9(2)6-11/h9-10H,5-8H2,1-4H3. The number of nitrogens with zero attached hydrogens (tertiary/aromatic N) is 1. The summed E-state index contributed by atoms with van der Waals surface area (Å²) in [6, 6.07) is 0.0857. The average molecular weight is 288 g/mol. The maximum Gasteiger partial charge on any atom is 0.214 e. The molecule has 0 aromatic carbocycles. The zero-order chi connectivity index (χ0) is 12.8. The highest BCUT2D eigenvalue weighted by atomic mass is 35.5. The second kappa shape index (κ2) is 7.80. The summed E-state index contributed by atoms with van der Waals surface area (Å²) in [6.45, 7) is 3.87. The molecule has 0 fully saturated rings. The highest BCUT2D eigenvalue weighted by Gasteiger charge is 2.26. The summed E-state index contributed by atoms with van der Waals surface area (Å²) in [7, 11) is -1.50. The zero-order valence-electron chi connectivity index (χ0n) is 10.4. The van der Waals surface area contributed by atoms with E-state index in [1.165, 1.54) is 4.31 Å². The van der Waals surface area contributed by atoms with Crippen LogP contribution in [-0.4, -0.2) is 49.5 Å². The van der Waals surface area contributed by atoms with Crippen molar-refractivity contribution >= 4 is 33.4 Å². The highest BCUT2D eigenvalue weighted by molar-refractivity contribution is 7.98. The van der Waals surface area contributed by atoms with E-state index in [2.05, 4.69) is 0 Å². The summed E-state index contributed by atoms with van der Waals surface area (Å²) in [4.78, 5) is 0. The van der Waals surface area contributed by atoms with Gasteiger partial charge >= 0.3 is 0 Å². The molecule has 0 rings (SSSR count). The van der Waals surface area contributed by atoms with Crippen LogP contribution in [0.15, 0.2) is 0 Å². The van der Waals surface area contributed by atoms with Crippen LogP contribution in [0.3, 0.4) is 0 Å². The van der Waals surface area contributed by atoms with Crippen molar-refractivity contribution in [3.05, 3.63) is 0 Å². The Bertz CT molecular complexity index is 283. The number of thioether (sulfide) groups is 1. The van der Waals surface area contributed by atoms with Crippen molar-refractivity contribution in [2.24, 2.45) is 5.92 Å². The topological polar surface area (TPSA) is 37.4 Å². The van der Waals surface area contributed by atoms with Gasteiger partial charge in [-0.15, -0.1) is 11.6 Å². The molecule has 0 amide bonds. The van der Waals surface area contributed by atoms with E-state index in [0.29, 0.717) is 5.88 Å². The monoisotopic (exact) mass is 287 g/mol. The Morgan fingerprint density at radius 1 is 1.44 bits per heavy atom. The third-order valence-corrected chi connectivity index (χ3v) is 5.95. The van der Waals surface area contributed by atoms with Crippen LogP contribution in [0.4, 0.5) is 0 Å². The third kappa shape index (κ3) is 5.25. The quantitative estimate of drug-likeness (QED) is 0.643. The van der Waals surface area contributed by atoms with Gasteiger partial charge in [0.2, 0.25) is 10.0 Å². The molecule has 6 heteroatoms. The van der Waals surface area contributed by atoms with Gasteiger partial charge in [0.25, 0.3) is 0 Å². The van der Waals surface area contributed by atoms with Crippen LogP contribution in [0.5, 0.6) is 0 Å². The minimum atomic E-state index is -3.17. The number of alkyl halides is 1. The zero-order valence-corrected chi connectivity index (χ0v) is 12.8. The lowest BCUT2D eigenvalue weighted by atomic mass is 10.3. The van der Waals surface area contributed by atoms with Crippen LogP contribution >= 0.6 is 23.4 Å². The van der Waals surface area contributed by atoms with E-state index in [0.717, 1.165) is 12.2 Å². The van der Waals surface area contributed by atoms with E-state index in [-0.39, 0.29) is 17.7 Å². The molecule has 0 saturated carbocycles. The minimum absolute atomic E-state index is 0.000836. The molecule has 2 unspecified atom stereocenters. The lowest BCUT2D eigenvalue weighted by molar-refractivity contribution is 0.382. The van der Waals surface area contributed by atoms with Gasteiger partial charge in [-0.05, 0) is 18.6 Å². The van der Waals surface area contributed by atoms with Crippen LogP contribution in [-0.2, 0) is 10.0 Å². The number of sulfonamides is 1. The first-order valence-corrected chi connectivity index (χ1v) is 8.93. The first-order valence-electron chi connectivity index (χ1n) is 5.39. The molecule has 0 aliphatic heterocycles. The van der Waals surface area contributed by atoms with Gasteiger partial charge in [0.05, 0.1) is 5.75 Å². The molecule has 98 valence electrons. The maximum atomic E-state index is 12.0. The van der Waals surface area contributed by atoms with E-state index in [1.807, 2.05) is 20.1 Å². The lowest BCUT2D eigenvalue weighted by Gasteiger charge is -2.26. The summed E-state index contributed by atoms with van der Waals surface area (Å²) in [5.41, 5.74) is 0. The molecule has 0 bridgehead atoms. The van der Waals surface area contributed by atoms with Gasteiger partial charge in [-0.2, -0.15) is 11.8 Å². The Kier molecular flexibility index (Phi) is 8.06. The fraction of sp³-hybridized carbons (Fsp3) is 1.00. The van der Waals surface area contributed by atoms with Gasteiger partial charge in [0.1, 0.15) is 0 Å². The van der Waals surface area contributed by atoms with E-state index >= 15 is 0 Å². The molecule has 3 nitrogen and oxygen atoms in total. The van der Waals surface area contributed by atoms with Crippen molar-refractivity contribution in [1.29, 1.82) is 0 Å². The minimum Gasteiger partial charge on any atom is -0.212 e. The summed E-state index contributed by atoms with van der Waals surface area (Å²) in [6.07, 6.45) is 2.83. The summed E-state index contributed by atoms with van der Waals surface area (Å²) in [5.74, 6) is 1.35. The van der Waals surface area contributed by atoms with Crippen LogP contribution < -0.4 is 0 Å². The number of hydrogen-bond donors (Lipinski definition) is 0. The Labute approximate surface area is 109 Å². The molecule has 16 heavy (non-hydrogen) atoms. The van der Waals surface area contributed by atoms with Crippen LogP contribution in [0.2, 0.25) is 0 Å². The summed E-state index contributed by atoms with van der Waals surface area (Å²) >= 11 is 7.32. The normalized spacial score (nSPS) is 16.4. The van der Waals surface area contributed by atoms with Gasteiger partial charge in [-0.25, -0.2) is 12.7 Å². The van der Waals surface area contributed by atoms with E-state index in [1.54, 1.807) is 18.8 Å². The Morgan fingerprint density at radius 2 is 2.00 bits per heavy atom. The lowest BCUT2D eigenvalue weighted by Crippen LogP contribution is -2.40. The summed E-state index contributed by atoms with van der Waals surface area (Å²) in [5, 5.41) is 0. The van der Waals surface area contributed by atoms with Gasteiger partial charge in [-0.1, -0.05) is 13.8 Å². The van der Waals surface area contributed by atoms with E-state index in [9.17, 15) is 8.42 Å². The molecule has 0 aliphatic rings. The molecule has 0 saturated heterocycles. The predicted octanol–water partition coefficient (Wildman–Crippen LogP) is 2.26. The number of hydrogen-bond acceptors (Lipinski definition) is 3. The van der Waals surface area contributed by atoms with Gasteiger partial charge in [-0.3, -0.25) is 0 Å². The van der Waals surface area contributed by atoms with Gasteiger partial charge < -0.3 is 0 Å². The largest absolute Gasteiger partial charge is 0.214 e. The molecule has 0 aliphatic carbocycles. The van der Waals surface area contributed by atoms with Crippen molar-refractivity contribution in [3.8, 4) is 0 Å². The molecule has 0 radical (unpaired) electrons. The third-order valence-electron chi connectivity index (χ3n) is 2.54. The van der Waals surface area contributed by atoms with Crippen molar-refractivity contribution in [2.75, 3.05) is 30.7 Å². The van der Waals surface area contributed by atoms with Crippen molar-refractivity contribution in [2.45, 2.75) is 26.3 Å². The Hall–Kier alpha value is 0.550. The van der Waals surface area contributed by atoms with Crippen molar-refractivity contribution < 1.29 is 8.42 Å². The predicted molar refractivity (Wildman–Crippen MR) is 73.9 cm³/mol. The molecular weight excluding hydrogens is 266 g/mol. The van der Waals surface area contributed by atoms with E-state index in [4.69, 9.17) is 11.6 Å². The Balaban J connectivity index is 4.60. The van der Waals surface area contributed by atoms with Crippen molar-refractivity contribution in [1.82, 2.24) is 4.31 Å². The molecule has 2 atom stereocenters. The van der Waals surface area contributed by atoms with Crippen LogP contribution in [0, 0.1) is 5.92 Å². The second-order valence-electron chi connectivity index (χ2n) is 4.07. The first-order chi connectivity index (χ1) is 7.38. The average Bonchev–Trinajstić information content (AvgIpc) is 2.24. The molecular formula is C10H22ClNO2S2. The molecule has 0 aromatic rings. The molecule has 0 heterocycles. The highest BCUT2D eigenvalue weighted by Crippen LogP contribution is 2.15.